The van der Waals surface area contributed by atoms with Crippen molar-refractivity contribution in [1.29, 1.82) is 0 Å². The van der Waals surface area contributed by atoms with E-state index in [0.717, 1.165) is 41.8 Å². The summed E-state index contributed by atoms with van der Waals surface area (Å²) in [5.41, 5.74) is 0.699. The molecule has 4 heterocycles. The zero-order valence-electron chi connectivity index (χ0n) is 40.8. The van der Waals surface area contributed by atoms with Crippen molar-refractivity contribution in [3.05, 3.63) is 155 Å². The van der Waals surface area contributed by atoms with Crippen molar-refractivity contribution in [3.8, 4) is 17.6 Å². The van der Waals surface area contributed by atoms with Crippen molar-refractivity contribution in [2.75, 3.05) is 75.0 Å². The lowest BCUT2D eigenvalue weighted by Gasteiger charge is -2.46. The molecule has 5 aliphatic rings. The number of ether oxygens (including phenoxy) is 5. The number of nitrogens with zero attached hydrogens (tertiary/aromatic N) is 3. The fourth-order valence-electron chi connectivity index (χ4n) is 11.6. The molecule has 3 N–H and O–H groups in total. The number of rotatable bonds is 12. The molecule has 0 bridgehead atoms. The summed E-state index contributed by atoms with van der Waals surface area (Å²) in [6, 6.07) is 34.9. The Balaban J connectivity index is 1.24. The highest BCUT2D eigenvalue weighted by atomic mass is 16.6. The van der Waals surface area contributed by atoms with Crippen molar-refractivity contribution >= 4 is 40.9 Å². The number of benzene rings is 5. The average Bonchev–Trinajstić information content (AvgIpc) is 3.76. The number of esters is 1. The van der Waals surface area contributed by atoms with E-state index in [1.165, 1.54) is 7.11 Å². The number of hydrogen-bond donors (Lipinski definition) is 3. The van der Waals surface area contributed by atoms with Crippen molar-refractivity contribution in [2.45, 2.75) is 73.8 Å². The molecule has 15 nitrogen and oxygen atoms in total. The molecule has 5 aromatic rings. The van der Waals surface area contributed by atoms with Crippen LogP contribution in [0.3, 0.4) is 0 Å². The lowest BCUT2D eigenvalue weighted by Crippen LogP contribution is -2.54. The Morgan fingerprint density at radius 3 is 2.18 bits per heavy atom. The largest absolute Gasteiger partial charge is 0.491 e. The second-order valence-electron chi connectivity index (χ2n) is 19.2. The lowest BCUT2D eigenvalue weighted by atomic mass is 9.65. The highest BCUT2D eigenvalue weighted by molar-refractivity contribution is 6.24. The fraction of sp³-hybridized carbons (Fsp3) is 0.379. The smallest absolute Gasteiger partial charge is 0.421 e. The third-order valence-corrected chi connectivity index (χ3v) is 14.9. The van der Waals surface area contributed by atoms with Crippen molar-refractivity contribution in [3.63, 3.8) is 0 Å². The van der Waals surface area contributed by atoms with Gasteiger partial charge in [-0.05, 0) is 103 Å². The van der Waals surface area contributed by atoms with Crippen LogP contribution in [-0.4, -0.2) is 110 Å². The van der Waals surface area contributed by atoms with E-state index < -0.39 is 65.0 Å². The molecule has 0 unspecified atom stereocenters. The summed E-state index contributed by atoms with van der Waals surface area (Å²) >= 11 is 0. The van der Waals surface area contributed by atoms with Gasteiger partial charge in [-0.25, -0.2) is 9.69 Å². The van der Waals surface area contributed by atoms with Crippen LogP contribution in [0, 0.1) is 17.8 Å². The van der Waals surface area contributed by atoms with E-state index >= 15 is 14.4 Å². The fourth-order valence-corrected chi connectivity index (χ4v) is 11.6. The normalized spacial score (nSPS) is 24.4. The van der Waals surface area contributed by atoms with Crippen LogP contribution in [0.2, 0.25) is 0 Å². The molecule has 1 saturated carbocycles. The molecule has 4 aliphatic heterocycles. The maximum atomic E-state index is 16.6. The van der Waals surface area contributed by atoms with Gasteiger partial charge in [-0.1, -0.05) is 97.5 Å². The van der Waals surface area contributed by atoms with Gasteiger partial charge in [-0.3, -0.25) is 19.3 Å². The van der Waals surface area contributed by atoms with E-state index in [4.69, 9.17) is 23.7 Å². The summed E-state index contributed by atoms with van der Waals surface area (Å²) in [7, 11) is 1.47. The Labute approximate surface area is 424 Å². The molecule has 1 spiro atoms. The minimum absolute atomic E-state index is 0.0345. The Bertz CT molecular complexity index is 2860. The molecule has 10 rings (SSSR count). The molecule has 6 atom stereocenters. The average molecular weight is 989 g/mol. The second-order valence-corrected chi connectivity index (χ2v) is 19.2. The van der Waals surface area contributed by atoms with Gasteiger partial charge in [0.25, 0.3) is 0 Å². The SMILES string of the molecule is COCCOC(=O)N1C(=O)[C@@]2(c3cc(C#CC4(O)CCCCCC4)ccc31)[C@H](c1cccc(OCCO)c1)N1[C@H](c3ccccc3)[C@H](c3ccccc3)OC(=O)[C@H]1[C@@H]2C(=O)Nc1ccc(N2CCOCC2)cc1. The molecule has 3 amide bonds. The highest BCUT2D eigenvalue weighted by Gasteiger charge is 2.76. The molecule has 4 fully saturated rings. The van der Waals surface area contributed by atoms with Gasteiger partial charge in [-0.2, -0.15) is 0 Å². The third-order valence-electron chi connectivity index (χ3n) is 14.9. The number of nitrogens with one attached hydrogen (secondary N) is 1. The number of hydrogen-bond acceptors (Lipinski definition) is 13. The van der Waals surface area contributed by atoms with E-state index in [0.29, 0.717) is 67.3 Å². The number of carbonyl (C=O) groups is 4. The van der Waals surface area contributed by atoms with Gasteiger partial charge >= 0.3 is 12.1 Å². The zero-order valence-corrected chi connectivity index (χ0v) is 40.8. The number of aliphatic hydroxyl groups is 2. The molecule has 1 aliphatic carbocycles. The molecule has 378 valence electrons. The summed E-state index contributed by atoms with van der Waals surface area (Å²) in [5.74, 6) is 2.94. The van der Waals surface area contributed by atoms with Crippen LogP contribution in [0.1, 0.15) is 84.5 Å². The van der Waals surface area contributed by atoms with Gasteiger partial charge in [-0.15, -0.1) is 0 Å². The van der Waals surface area contributed by atoms with Crippen LogP contribution >= 0.6 is 0 Å². The number of cyclic esters (lactones) is 1. The monoisotopic (exact) mass is 988 g/mol. The van der Waals surface area contributed by atoms with Crippen LogP contribution in [0.25, 0.3) is 0 Å². The first-order chi connectivity index (χ1) is 35.6. The number of morpholine rings is 2. The second kappa shape index (κ2) is 21.6. The molecule has 5 aromatic carbocycles. The Morgan fingerprint density at radius 2 is 1.48 bits per heavy atom. The van der Waals surface area contributed by atoms with Crippen molar-refractivity contribution in [1.82, 2.24) is 4.90 Å². The minimum atomic E-state index is -2.11. The van der Waals surface area contributed by atoms with Crippen molar-refractivity contribution < 1.29 is 53.1 Å². The van der Waals surface area contributed by atoms with Crippen molar-refractivity contribution in [2.24, 2.45) is 5.92 Å². The quantitative estimate of drug-likeness (QED) is 0.0488. The molecule has 0 aromatic heterocycles. The van der Waals surface area contributed by atoms with Gasteiger partial charge in [0.2, 0.25) is 11.8 Å². The van der Waals surface area contributed by atoms with Crippen LogP contribution in [0.15, 0.2) is 127 Å². The van der Waals surface area contributed by atoms with E-state index in [-0.39, 0.29) is 37.7 Å². The molecular formula is C58H60N4O11. The Hall–Kier alpha value is -7.06. The summed E-state index contributed by atoms with van der Waals surface area (Å²) in [6.45, 7) is 2.13. The van der Waals surface area contributed by atoms with E-state index in [1.807, 2.05) is 83.8 Å². The van der Waals surface area contributed by atoms with Gasteiger partial charge in [0, 0.05) is 37.1 Å². The predicted molar refractivity (Wildman–Crippen MR) is 272 cm³/mol. The Kier molecular flexibility index (Phi) is 14.6. The Morgan fingerprint density at radius 1 is 0.781 bits per heavy atom. The first-order valence-electron chi connectivity index (χ1n) is 25.2. The highest BCUT2D eigenvalue weighted by Crippen LogP contribution is 2.66. The molecule has 3 saturated heterocycles. The summed E-state index contributed by atoms with van der Waals surface area (Å²) in [4.78, 5) is 68.0. The number of anilines is 3. The summed E-state index contributed by atoms with van der Waals surface area (Å²) in [6.07, 6.45) is 2.69. The third kappa shape index (κ3) is 9.57. The number of aliphatic hydroxyl groups excluding tert-OH is 1. The first-order valence-corrected chi connectivity index (χ1v) is 25.2. The predicted octanol–water partition coefficient (Wildman–Crippen LogP) is 7.42. The van der Waals surface area contributed by atoms with Gasteiger partial charge < -0.3 is 44.1 Å². The standard InChI is InChI=1S/C58H60N4O11/c1-69-35-36-72-56(67)61-47-24-19-39(25-28-57(68)26-10-2-3-11-27-57)37-46(47)58(55(61)66)48(53(64)59-43-20-22-44(23-21-43)60-29-32-70-33-30-60)50-54(65)73-51(41-15-8-5-9-16-41)49(40-13-6-4-7-14-40)62(50)52(58)42-17-12-18-45(38-42)71-34-31-63/h4-9,12-24,37-38,48-52,63,68H,2-3,10-11,26-27,29-36H2,1H3,(H,59,64)/t48-,49-,50-,51+,52+,58-/m1/s1. The minimum Gasteiger partial charge on any atom is -0.491 e. The van der Waals surface area contributed by atoms with Gasteiger partial charge in [0.15, 0.2) is 0 Å². The summed E-state index contributed by atoms with van der Waals surface area (Å²) < 4.78 is 29.2. The lowest BCUT2D eigenvalue weighted by molar-refractivity contribution is -0.177. The zero-order chi connectivity index (χ0) is 50.5. The molecular weight excluding hydrogens is 929 g/mol. The van der Waals surface area contributed by atoms with Crippen LogP contribution in [-0.2, 0) is 38.7 Å². The van der Waals surface area contributed by atoms with Crippen LogP contribution < -0.4 is 19.9 Å². The molecule has 15 heteroatoms. The van der Waals surface area contributed by atoms with E-state index in [9.17, 15) is 15.0 Å². The summed E-state index contributed by atoms with van der Waals surface area (Å²) in [5, 5.41) is 24.8. The van der Waals surface area contributed by atoms with Gasteiger partial charge in [0.1, 0.15) is 42.1 Å². The van der Waals surface area contributed by atoms with Gasteiger partial charge in [0.05, 0.1) is 50.1 Å². The van der Waals surface area contributed by atoms with E-state index in [1.54, 1.807) is 48.5 Å². The van der Waals surface area contributed by atoms with E-state index in [2.05, 4.69) is 22.1 Å². The number of amides is 3. The number of imide groups is 1. The van der Waals surface area contributed by atoms with Crippen LogP contribution in [0.5, 0.6) is 5.75 Å². The molecule has 73 heavy (non-hydrogen) atoms. The number of carbonyl (C=O) groups excluding carboxylic acids is 4. The maximum absolute atomic E-state index is 16.6. The number of methoxy groups -OCH3 is 1. The topological polar surface area (TPSA) is 177 Å². The number of fused-ring (bicyclic) bond motifs is 3. The maximum Gasteiger partial charge on any atom is 0.421 e. The first kappa shape index (κ1) is 49.5. The molecule has 0 radical (unpaired) electrons. The van der Waals surface area contributed by atoms with Crippen LogP contribution in [0.4, 0.5) is 21.9 Å².